The molecule has 0 spiro atoms. The number of benzene rings is 1. The predicted octanol–water partition coefficient (Wildman–Crippen LogP) is 3.33. The highest BCUT2D eigenvalue weighted by Crippen LogP contribution is 2.38. The molecule has 0 radical (unpaired) electrons. The van der Waals surface area contributed by atoms with Crippen LogP contribution < -0.4 is 10.6 Å². The third-order valence-electron chi connectivity index (χ3n) is 3.79. The van der Waals surface area contributed by atoms with Crippen molar-refractivity contribution in [3.63, 3.8) is 0 Å². The summed E-state index contributed by atoms with van der Waals surface area (Å²) < 4.78 is 0. The van der Waals surface area contributed by atoms with Crippen molar-refractivity contribution < 1.29 is 15.0 Å². The first-order chi connectivity index (χ1) is 10.6. The topological polar surface area (TPSA) is 81.6 Å². The van der Waals surface area contributed by atoms with Gasteiger partial charge in [0.15, 0.2) is 0 Å². The monoisotopic (exact) mass is 318 g/mol. The Balaban J connectivity index is 1.93. The van der Waals surface area contributed by atoms with E-state index in [1.165, 1.54) is 23.1 Å². The fourth-order valence-corrected chi connectivity index (χ4v) is 4.08. The smallest absolute Gasteiger partial charge is 0.258 e. The van der Waals surface area contributed by atoms with Crippen molar-refractivity contribution in [3.8, 4) is 11.5 Å². The Morgan fingerprint density at radius 1 is 1.14 bits per heavy atom. The number of carbonyl (C=O) groups is 1. The van der Waals surface area contributed by atoms with Gasteiger partial charge in [-0.3, -0.25) is 4.79 Å². The molecule has 2 aromatic rings. The molecule has 1 amide bonds. The molecule has 1 heterocycles. The van der Waals surface area contributed by atoms with E-state index in [4.69, 9.17) is 0 Å². The van der Waals surface area contributed by atoms with Gasteiger partial charge in [0, 0.05) is 35.8 Å². The highest BCUT2D eigenvalue weighted by molar-refractivity contribution is 7.16. The van der Waals surface area contributed by atoms with Crippen LogP contribution in [0.15, 0.2) is 18.2 Å². The fourth-order valence-electron chi connectivity index (χ4n) is 2.84. The van der Waals surface area contributed by atoms with E-state index in [1.807, 2.05) is 7.05 Å². The molecule has 0 saturated carbocycles. The standard InChI is InChI=1S/C16H18N2O3S/c1-17-16-14(12-4-2-3-5-13(12)22-16)15(21)18-9-6-10(19)8-11(20)7-9/h6-8,17,19-20H,2-5H2,1H3,(H,18,21). The van der Waals surface area contributed by atoms with Crippen LogP contribution in [0.4, 0.5) is 10.7 Å². The van der Waals surface area contributed by atoms with Gasteiger partial charge < -0.3 is 20.8 Å². The van der Waals surface area contributed by atoms with Gasteiger partial charge in [0.2, 0.25) is 0 Å². The number of phenols is 2. The van der Waals surface area contributed by atoms with Gasteiger partial charge in [0.05, 0.1) is 5.56 Å². The molecular formula is C16H18N2O3S. The minimum Gasteiger partial charge on any atom is -0.508 e. The lowest BCUT2D eigenvalue weighted by atomic mass is 9.95. The molecule has 6 heteroatoms. The fraction of sp³-hybridized carbons (Fsp3) is 0.312. The second kappa shape index (κ2) is 5.88. The maximum absolute atomic E-state index is 12.6. The number of carbonyl (C=O) groups excluding carboxylic acids is 1. The Kier molecular flexibility index (Phi) is 3.94. The molecule has 1 aromatic carbocycles. The number of nitrogens with one attached hydrogen (secondary N) is 2. The quantitative estimate of drug-likeness (QED) is 0.700. The first-order valence-corrected chi connectivity index (χ1v) is 8.07. The average Bonchev–Trinajstić information content (AvgIpc) is 2.84. The van der Waals surface area contributed by atoms with Crippen LogP contribution >= 0.6 is 11.3 Å². The summed E-state index contributed by atoms with van der Waals surface area (Å²) >= 11 is 1.64. The highest BCUT2D eigenvalue weighted by atomic mass is 32.1. The van der Waals surface area contributed by atoms with Crippen LogP contribution in [0, 0.1) is 0 Å². The van der Waals surface area contributed by atoms with Gasteiger partial charge in [-0.1, -0.05) is 0 Å². The van der Waals surface area contributed by atoms with Gasteiger partial charge in [-0.05, 0) is 31.2 Å². The third kappa shape index (κ3) is 2.74. The van der Waals surface area contributed by atoms with Gasteiger partial charge in [-0.2, -0.15) is 0 Å². The van der Waals surface area contributed by atoms with Crippen molar-refractivity contribution in [3.05, 3.63) is 34.2 Å². The van der Waals surface area contributed by atoms with Gasteiger partial charge in [0.1, 0.15) is 16.5 Å². The first kappa shape index (κ1) is 14.7. The normalized spacial score (nSPS) is 13.5. The number of aromatic hydroxyl groups is 2. The second-order valence-electron chi connectivity index (χ2n) is 5.36. The Morgan fingerprint density at radius 3 is 2.50 bits per heavy atom. The van der Waals surface area contributed by atoms with Crippen LogP contribution in [0.3, 0.4) is 0 Å². The third-order valence-corrected chi connectivity index (χ3v) is 5.10. The van der Waals surface area contributed by atoms with Crippen LogP contribution in [-0.4, -0.2) is 23.2 Å². The minimum atomic E-state index is -0.214. The lowest BCUT2D eigenvalue weighted by Crippen LogP contribution is -2.15. The van der Waals surface area contributed by atoms with Crippen LogP contribution in [0.2, 0.25) is 0 Å². The number of amides is 1. The van der Waals surface area contributed by atoms with Crippen molar-refractivity contribution in [2.45, 2.75) is 25.7 Å². The molecule has 0 atom stereocenters. The van der Waals surface area contributed by atoms with Gasteiger partial charge in [-0.25, -0.2) is 0 Å². The number of fused-ring (bicyclic) bond motifs is 1. The van der Waals surface area contributed by atoms with E-state index in [2.05, 4.69) is 10.6 Å². The molecule has 4 N–H and O–H groups in total. The molecule has 1 aromatic heterocycles. The van der Waals surface area contributed by atoms with Gasteiger partial charge >= 0.3 is 0 Å². The Hall–Kier alpha value is -2.21. The maximum atomic E-state index is 12.6. The maximum Gasteiger partial charge on any atom is 0.258 e. The molecule has 0 unspecified atom stereocenters. The number of thiophene rings is 1. The van der Waals surface area contributed by atoms with Crippen LogP contribution in [0.1, 0.15) is 33.6 Å². The Bertz CT molecular complexity index is 704. The van der Waals surface area contributed by atoms with Crippen molar-refractivity contribution in [2.24, 2.45) is 0 Å². The molecule has 116 valence electrons. The van der Waals surface area contributed by atoms with Crippen molar-refractivity contribution >= 4 is 27.9 Å². The van der Waals surface area contributed by atoms with Crippen molar-refractivity contribution in [1.82, 2.24) is 0 Å². The zero-order valence-corrected chi connectivity index (χ0v) is 13.1. The largest absolute Gasteiger partial charge is 0.508 e. The molecule has 1 aliphatic carbocycles. The molecule has 22 heavy (non-hydrogen) atoms. The van der Waals surface area contributed by atoms with E-state index in [-0.39, 0.29) is 17.4 Å². The van der Waals surface area contributed by atoms with E-state index < -0.39 is 0 Å². The van der Waals surface area contributed by atoms with E-state index in [9.17, 15) is 15.0 Å². The first-order valence-electron chi connectivity index (χ1n) is 7.25. The van der Waals surface area contributed by atoms with Crippen LogP contribution in [-0.2, 0) is 12.8 Å². The molecule has 0 fully saturated rings. The highest BCUT2D eigenvalue weighted by Gasteiger charge is 2.25. The van der Waals surface area contributed by atoms with E-state index >= 15 is 0 Å². The molecule has 3 rings (SSSR count). The second-order valence-corrected chi connectivity index (χ2v) is 6.46. The summed E-state index contributed by atoms with van der Waals surface area (Å²) in [6, 6.07) is 4.05. The summed E-state index contributed by atoms with van der Waals surface area (Å²) in [5.41, 5.74) is 2.19. The zero-order valence-electron chi connectivity index (χ0n) is 12.3. The van der Waals surface area contributed by atoms with Crippen LogP contribution in [0.5, 0.6) is 11.5 Å². The Labute approximate surface area is 132 Å². The molecule has 0 saturated heterocycles. The summed E-state index contributed by atoms with van der Waals surface area (Å²) in [6.45, 7) is 0. The lowest BCUT2D eigenvalue weighted by molar-refractivity contribution is 0.102. The molecule has 0 bridgehead atoms. The van der Waals surface area contributed by atoms with E-state index in [0.717, 1.165) is 36.2 Å². The van der Waals surface area contributed by atoms with Crippen LogP contribution in [0.25, 0.3) is 0 Å². The summed E-state index contributed by atoms with van der Waals surface area (Å²) in [5, 5.41) is 25.7. The average molecular weight is 318 g/mol. The van der Waals surface area contributed by atoms with Gasteiger partial charge in [0.25, 0.3) is 5.91 Å². The van der Waals surface area contributed by atoms with E-state index in [1.54, 1.807) is 11.3 Å². The van der Waals surface area contributed by atoms with Crippen molar-refractivity contribution in [2.75, 3.05) is 17.7 Å². The lowest BCUT2D eigenvalue weighted by Gasteiger charge is -2.13. The predicted molar refractivity (Wildman–Crippen MR) is 88.2 cm³/mol. The van der Waals surface area contributed by atoms with Gasteiger partial charge in [-0.15, -0.1) is 11.3 Å². The summed E-state index contributed by atoms with van der Waals surface area (Å²) in [5.74, 6) is -0.387. The SMILES string of the molecule is CNc1sc2c(c1C(=O)Nc1cc(O)cc(O)c1)CCCC2. The minimum absolute atomic E-state index is 0.0866. The summed E-state index contributed by atoms with van der Waals surface area (Å²) in [7, 11) is 1.81. The summed E-state index contributed by atoms with van der Waals surface area (Å²) in [4.78, 5) is 13.9. The number of hydrogen-bond acceptors (Lipinski definition) is 5. The molecule has 0 aliphatic heterocycles. The summed E-state index contributed by atoms with van der Waals surface area (Å²) in [6.07, 6.45) is 4.20. The van der Waals surface area contributed by atoms with Crippen molar-refractivity contribution in [1.29, 1.82) is 0 Å². The number of phenolic OH excluding ortho intramolecular Hbond substituents is 2. The molecule has 5 nitrogen and oxygen atoms in total. The zero-order chi connectivity index (χ0) is 15.7. The number of rotatable bonds is 3. The Morgan fingerprint density at radius 2 is 1.82 bits per heavy atom. The molecule has 1 aliphatic rings. The number of anilines is 2. The van der Waals surface area contributed by atoms with E-state index in [0.29, 0.717) is 11.3 Å². The number of hydrogen-bond donors (Lipinski definition) is 4. The molecular weight excluding hydrogens is 300 g/mol. The number of aryl methyl sites for hydroxylation is 1.